The summed E-state index contributed by atoms with van der Waals surface area (Å²) in [5, 5.41) is 25.0. The van der Waals surface area contributed by atoms with Crippen molar-refractivity contribution < 1.29 is 70.7 Å². The van der Waals surface area contributed by atoms with Crippen molar-refractivity contribution in [3.05, 3.63) is 60.2 Å². The average molecular weight is 1460 g/mol. The van der Waals surface area contributed by atoms with Crippen molar-refractivity contribution in [2.45, 2.75) is 343 Å². The first-order valence-corrected chi connectivity index (χ1v) is 47.6. The molecule has 19 atom stereocenters. The van der Waals surface area contributed by atoms with E-state index in [4.69, 9.17) is 50.9 Å². The molecule has 91 heavy (non-hydrogen) atoms. The second-order valence-electron chi connectivity index (χ2n) is 34.1. The molecule has 0 amide bonds. The zero-order chi connectivity index (χ0) is 67.8. The van der Waals surface area contributed by atoms with Gasteiger partial charge in [-0.2, -0.15) is 0 Å². The molecule has 20 heteroatoms. The van der Waals surface area contributed by atoms with Crippen molar-refractivity contribution >= 4 is 67.6 Å². The van der Waals surface area contributed by atoms with Crippen LogP contribution in [-0.2, 0) is 55.7 Å². The first kappa shape index (κ1) is 77.3. The minimum Gasteiger partial charge on any atom is -0.455 e. The lowest BCUT2D eigenvalue weighted by Gasteiger charge is -2.53. The Labute approximate surface area is 567 Å². The standard InChI is InChI=1S/C71H123IO15Si4/c1-45-37-51-33-36-60-71(44-72,84-51)42-52(79-60)30-29-49(81-66(76)47-27-25-24-26-28-47)31-35-57(86-90(20,21)69(9,10)11)64-65(87-91(22,23)70(12,13)14)61(75)63-56(83-64)34-32-50(80-63)38-48(73)39-54-58(41-55(74)46(45)2)82-59(62(54)77-15)40-53(85-89(18,19)68(6,7)8)43-78-88(16,17)67(3,4)5/h24-28,31,35,45,49-65,74-75H,2,29-30,32-34,36-44H2,1,3-23H3/b35-31+/t45?,49?,50?,51?,52-,53?,54?,55+,56-,57?,58?,59?,60-,61-,62+,63?,64?,65?,71?/m0/s1. The Kier molecular flexibility index (Phi) is 25.7. The smallest absolute Gasteiger partial charge is 0.338 e. The fraction of sp³-hybridized carbons (Fsp3) is 0.831. The minimum atomic E-state index is -2.66. The number of hydrogen-bond acceptors (Lipinski definition) is 15. The number of benzene rings is 1. The zero-order valence-electron chi connectivity index (χ0n) is 60.1. The lowest BCUT2D eigenvalue weighted by atomic mass is 9.82. The summed E-state index contributed by atoms with van der Waals surface area (Å²) >= 11 is 2.46. The molecule has 0 spiro atoms. The maximum Gasteiger partial charge on any atom is 0.338 e. The predicted octanol–water partition coefficient (Wildman–Crippen LogP) is 15.4. The number of fused-ring (bicyclic) bond motifs is 2. The van der Waals surface area contributed by atoms with Crippen molar-refractivity contribution in [2.75, 3.05) is 18.1 Å². The molecular weight excluding hydrogens is 1330 g/mol. The molecule has 0 radical (unpaired) electrons. The van der Waals surface area contributed by atoms with Crippen molar-refractivity contribution in [3.8, 4) is 0 Å². The molecule has 1 aromatic carbocycles. The highest BCUT2D eigenvalue weighted by Gasteiger charge is 2.57. The third-order valence-electron chi connectivity index (χ3n) is 23.2. The number of aliphatic hydroxyl groups is 2. The highest BCUT2D eigenvalue weighted by Crippen LogP contribution is 2.49. The molecule has 520 valence electrons. The predicted molar refractivity (Wildman–Crippen MR) is 380 cm³/mol. The lowest BCUT2D eigenvalue weighted by Crippen LogP contribution is -2.67. The number of carbonyl (C=O) groups is 2. The van der Waals surface area contributed by atoms with Gasteiger partial charge in [0.1, 0.15) is 41.9 Å². The largest absolute Gasteiger partial charge is 0.455 e. The van der Waals surface area contributed by atoms with Crippen LogP contribution in [0.4, 0.5) is 0 Å². The summed E-state index contributed by atoms with van der Waals surface area (Å²) in [5.41, 5.74) is 0.642. The molecule has 15 nitrogen and oxygen atoms in total. The summed E-state index contributed by atoms with van der Waals surface area (Å²) in [6.07, 6.45) is 0.878. The number of esters is 1. The van der Waals surface area contributed by atoms with Crippen molar-refractivity contribution in [1.82, 2.24) is 0 Å². The van der Waals surface area contributed by atoms with Gasteiger partial charge in [-0.15, -0.1) is 0 Å². The van der Waals surface area contributed by atoms with Crippen LogP contribution in [0.15, 0.2) is 54.6 Å². The second kappa shape index (κ2) is 30.2. The van der Waals surface area contributed by atoms with Gasteiger partial charge < -0.3 is 61.1 Å². The van der Waals surface area contributed by atoms with E-state index >= 15 is 4.79 Å². The summed E-state index contributed by atoms with van der Waals surface area (Å²) in [5.74, 6) is -0.951. The van der Waals surface area contributed by atoms with Gasteiger partial charge in [0.2, 0.25) is 0 Å². The van der Waals surface area contributed by atoms with Crippen LogP contribution in [0.3, 0.4) is 0 Å². The maximum atomic E-state index is 15.1. The summed E-state index contributed by atoms with van der Waals surface area (Å²) in [7, 11) is -8.10. The third-order valence-corrected chi connectivity index (χ3v) is 42.5. The molecule has 8 aliphatic heterocycles. The van der Waals surface area contributed by atoms with Crippen LogP contribution in [0.25, 0.3) is 0 Å². The minimum absolute atomic E-state index is 0.00973. The van der Waals surface area contributed by atoms with Gasteiger partial charge in [0.25, 0.3) is 0 Å². The van der Waals surface area contributed by atoms with Gasteiger partial charge in [-0.3, -0.25) is 4.79 Å². The Balaban J connectivity index is 1.27. The third kappa shape index (κ3) is 18.8. The summed E-state index contributed by atoms with van der Waals surface area (Å²) in [4.78, 5) is 29.1. The molecule has 13 unspecified atom stereocenters. The number of rotatable bonds is 15. The van der Waals surface area contributed by atoms with Gasteiger partial charge in [-0.25, -0.2) is 4.79 Å². The van der Waals surface area contributed by atoms with Crippen LogP contribution in [-0.4, -0.2) is 177 Å². The Morgan fingerprint density at radius 2 is 1.30 bits per heavy atom. The van der Waals surface area contributed by atoms with Crippen LogP contribution in [0.1, 0.15) is 177 Å². The van der Waals surface area contributed by atoms with E-state index in [0.29, 0.717) is 62.7 Å². The Morgan fingerprint density at radius 3 is 1.90 bits per heavy atom. The highest BCUT2D eigenvalue weighted by molar-refractivity contribution is 14.1. The monoisotopic (exact) mass is 1450 g/mol. The van der Waals surface area contributed by atoms with E-state index in [1.807, 2.05) is 30.4 Å². The number of ether oxygens (including phenoxy) is 7. The van der Waals surface area contributed by atoms with Crippen molar-refractivity contribution in [3.63, 3.8) is 0 Å². The summed E-state index contributed by atoms with van der Waals surface area (Å²) in [6.45, 7) is 51.7. The van der Waals surface area contributed by atoms with Crippen LogP contribution >= 0.6 is 22.6 Å². The second-order valence-corrected chi connectivity index (χ2v) is 54.0. The molecular formula is C71H123IO15Si4. The number of Topliss-reactive ketones (excluding diaryl/α,β-unsaturated/α-hetero) is 1. The highest BCUT2D eigenvalue weighted by atomic mass is 127. The molecule has 8 heterocycles. The Morgan fingerprint density at radius 1 is 0.692 bits per heavy atom. The molecule has 5 saturated heterocycles. The number of halogens is 1. The van der Waals surface area contributed by atoms with Gasteiger partial charge in [0.15, 0.2) is 33.3 Å². The van der Waals surface area contributed by atoms with E-state index in [1.54, 1.807) is 19.2 Å². The first-order chi connectivity index (χ1) is 41.9. The van der Waals surface area contributed by atoms with Gasteiger partial charge in [0, 0.05) is 49.6 Å². The fourth-order valence-electron chi connectivity index (χ4n) is 13.2. The molecule has 7 bridgehead atoms. The van der Waals surface area contributed by atoms with Gasteiger partial charge in [-0.05, 0) is 147 Å². The number of methoxy groups -OCH3 is 1. The SMILES string of the molecule is C=C1C(C)CC2CC[C@@H]3O[C@@H](CCC(OC(=O)c4ccccc4)/C=C/C(O[Si](C)(C)C(C)(C)C)C4O[C@H]5CCC(CC(=O)CC6C(C[C@H]1O)OC(CC(CO[Si](C)(C)C(C)(C)C)O[Si](C)(C)C(C)(C)C)[C@@H]6OC)OC5[C@H](O)C4O[Si](C)(C)C(C)(C)C)CC3(CI)O2. The Hall–Kier alpha value is -1.04. The molecule has 0 aromatic heterocycles. The van der Waals surface area contributed by atoms with Crippen LogP contribution < -0.4 is 0 Å². The Bertz CT molecular complexity index is 2590. The first-order valence-electron chi connectivity index (χ1n) is 34.5. The number of hydrogen-bond donors (Lipinski definition) is 2. The van der Waals surface area contributed by atoms with Gasteiger partial charge in [-0.1, -0.05) is 143 Å². The number of alkyl halides is 1. The van der Waals surface area contributed by atoms with Gasteiger partial charge in [0.05, 0.1) is 79.3 Å². The van der Waals surface area contributed by atoms with Crippen molar-refractivity contribution in [2.24, 2.45) is 11.8 Å². The number of aliphatic hydroxyl groups excluding tert-OH is 2. The lowest BCUT2D eigenvalue weighted by molar-refractivity contribution is -0.269. The quantitative estimate of drug-likeness (QED) is 0.0557. The summed E-state index contributed by atoms with van der Waals surface area (Å²) < 4.78 is 78.5. The zero-order valence-corrected chi connectivity index (χ0v) is 66.3. The maximum absolute atomic E-state index is 15.1. The summed E-state index contributed by atoms with van der Waals surface area (Å²) in [6, 6.07) is 9.09. The molecule has 2 N–H and O–H groups in total. The normalized spacial score (nSPS) is 35.7. The number of ketones is 1. The van der Waals surface area contributed by atoms with Crippen LogP contribution in [0.5, 0.6) is 0 Å². The fourth-order valence-corrected chi connectivity index (χ4v) is 19.1. The van der Waals surface area contributed by atoms with E-state index in [1.165, 1.54) is 0 Å². The van der Waals surface area contributed by atoms with Crippen LogP contribution in [0.2, 0.25) is 72.5 Å². The average Bonchev–Trinajstić information content (AvgIpc) is 1.38. The molecule has 8 aliphatic rings. The molecule has 5 fully saturated rings. The van der Waals surface area contributed by atoms with E-state index in [2.05, 4.69) is 172 Å². The molecule has 9 rings (SSSR count). The van der Waals surface area contributed by atoms with E-state index in [-0.39, 0.29) is 75.5 Å². The van der Waals surface area contributed by atoms with Crippen LogP contribution in [0, 0.1) is 11.8 Å². The topological polar surface area (TPSA) is 176 Å². The van der Waals surface area contributed by atoms with E-state index < -0.39 is 124 Å². The molecule has 1 aromatic rings. The number of carbonyl (C=O) groups excluding carboxylic acids is 2. The van der Waals surface area contributed by atoms with E-state index in [0.717, 1.165) is 17.3 Å². The van der Waals surface area contributed by atoms with Crippen molar-refractivity contribution in [1.29, 1.82) is 0 Å². The van der Waals surface area contributed by atoms with Gasteiger partial charge >= 0.3 is 5.97 Å². The molecule has 0 aliphatic carbocycles. The molecule has 0 saturated carbocycles. The van der Waals surface area contributed by atoms with E-state index in [9.17, 15) is 15.0 Å².